The van der Waals surface area contributed by atoms with Gasteiger partial charge in [-0.25, -0.2) is 0 Å². The fraction of sp³-hybridized carbons (Fsp3) is 0.714. The molecule has 2 atom stereocenters. The highest BCUT2D eigenvalue weighted by molar-refractivity contribution is 7.11. The maximum Gasteiger partial charge on any atom is 0.0590 e. The first-order valence-corrected chi connectivity index (χ1v) is 7.54. The zero-order valence-electron chi connectivity index (χ0n) is 10.7. The molecule has 1 aromatic rings. The van der Waals surface area contributed by atoms with E-state index in [1.165, 1.54) is 29.0 Å². The SMILES string of the molecule is CCc1ccc(CC(N)CC2CCCCO2)s1. The summed E-state index contributed by atoms with van der Waals surface area (Å²) in [6.07, 6.45) is 7.27. The number of hydrogen-bond acceptors (Lipinski definition) is 3. The second kappa shape index (κ2) is 6.53. The summed E-state index contributed by atoms with van der Waals surface area (Å²) in [6.45, 7) is 3.13. The van der Waals surface area contributed by atoms with Crippen molar-refractivity contribution in [3.8, 4) is 0 Å². The Balaban J connectivity index is 1.77. The monoisotopic (exact) mass is 253 g/mol. The van der Waals surface area contributed by atoms with Crippen molar-refractivity contribution in [1.29, 1.82) is 0 Å². The molecule has 3 heteroatoms. The number of hydrogen-bond donors (Lipinski definition) is 1. The molecule has 0 saturated carbocycles. The van der Waals surface area contributed by atoms with E-state index < -0.39 is 0 Å². The minimum atomic E-state index is 0.251. The predicted octanol–water partition coefficient (Wildman–Crippen LogP) is 3.14. The third kappa shape index (κ3) is 4.09. The Labute approximate surface area is 108 Å². The number of thiophene rings is 1. The van der Waals surface area contributed by atoms with Gasteiger partial charge in [-0.3, -0.25) is 0 Å². The number of aryl methyl sites for hydroxylation is 1. The fourth-order valence-corrected chi connectivity index (χ4v) is 3.45. The molecule has 2 heterocycles. The molecule has 0 radical (unpaired) electrons. The van der Waals surface area contributed by atoms with Crippen molar-refractivity contribution >= 4 is 11.3 Å². The first-order chi connectivity index (χ1) is 8.28. The van der Waals surface area contributed by atoms with Gasteiger partial charge in [0.25, 0.3) is 0 Å². The fourth-order valence-electron chi connectivity index (χ4n) is 2.39. The summed E-state index contributed by atoms with van der Waals surface area (Å²) in [4.78, 5) is 2.88. The normalized spacial score (nSPS) is 22.6. The van der Waals surface area contributed by atoms with Crippen LogP contribution in [0.15, 0.2) is 12.1 Å². The van der Waals surface area contributed by atoms with E-state index in [4.69, 9.17) is 10.5 Å². The van der Waals surface area contributed by atoms with Gasteiger partial charge in [0, 0.05) is 22.4 Å². The average Bonchev–Trinajstić information content (AvgIpc) is 2.78. The van der Waals surface area contributed by atoms with Crippen molar-refractivity contribution in [2.24, 2.45) is 5.73 Å². The van der Waals surface area contributed by atoms with Crippen LogP contribution in [0.3, 0.4) is 0 Å². The van der Waals surface area contributed by atoms with Crippen molar-refractivity contribution in [3.05, 3.63) is 21.9 Å². The Kier molecular flexibility index (Phi) is 5.01. The van der Waals surface area contributed by atoms with Gasteiger partial charge in [0.15, 0.2) is 0 Å². The molecule has 0 amide bonds. The van der Waals surface area contributed by atoms with Crippen LogP contribution in [0.25, 0.3) is 0 Å². The van der Waals surface area contributed by atoms with Gasteiger partial charge in [0.2, 0.25) is 0 Å². The Hall–Kier alpha value is -0.380. The van der Waals surface area contributed by atoms with Crippen LogP contribution in [0.2, 0.25) is 0 Å². The Bertz CT molecular complexity index is 331. The molecule has 2 N–H and O–H groups in total. The molecular formula is C14H23NOS. The zero-order valence-corrected chi connectivity index (χ0v) is 11.5. The molecule has 1 aromatic heterocycles. The van der Waals surface area contributed by atoms with Crippen LogP contribution in [0.1, 0.15) is 42.4 Å². The van der Waals surface area contributed by atoms with Gasteiger partial charge in [-0.05, 0) is 50.7 Å². The van der Waals surface area contributed by atoms with Crippen LogP contribution in [0.4, 0.5) is 0 Å². The van der Waals surface area contributed by atoms with Gasteiger partial charge in [-0.1, -0.05) is 6.92 Å². The molecule has 0 aromatic carbocycles. The van der Waals surface area contributed by atoms with E-state index in [1.807, 2.05) is 11.3 Å². The average molecular weight is 253 g/mol. The summed E-state index contributed by atoms with van der Waals surface area (Å²) >= 11 is 1.90. The summed E-state index contributed by atoms with van der Waals surface area (Å²) in [5.41, 5.74) is 6.21. The second-order valence-electron chi connectivity index (χ2n) is 4.91. The molecule has 0 spiro atoms. The molecule has 1 saturated heterocycles. The van der Waals surface area contributed by atoms with E-state index in [2.05, 4.69) is 19.1 Å². The van der Waals surface area contributed by atoms with Crippen LogP contribution in [-0.4, -0.2) is 18.8 Å². The Morgan fingerprint density at radius 2 is 2.24 bits per heavy atom. The third-order valence-electron chi connectivity index (χ3n) is 3.37. The van der Waals surface area contributed by atoms with Gasteiger partial charge < -0.3 is 10.5 Å². The highest BCUT2D eigenvalue weighted by Gasteiger charge is 2.17. The topological polar surface area (TPSA) is 35.2 Å². The van der Waals surface area contributed by atoms with E-state index >= 15 is 0 Å². The highest BCUT2D eigenvalue weighted by Crippen LogP contribution is 2.21. The summed E-state index contributed by atoms with van der Waals surface area (Å²) in [5, 5.41) is 0. The summed E-state index contributed by atoms with van der Waals surface area (Å²) in [5.74, 6) is 0. The molecule has 2 nitrogen and oxygen atoms in total. The molecular weight excluding hydrogens is 230 g/mol. The van der Waals surface area contributed by atoms with Crippen molar-refractivity contribution in [2.45, 2.75) is 57.6 Å². The summed E-state index contributed by atoms with van der Waals surface area (Å²) in [6, 6.07) is 4.70. The smallest absolute Gasteiger partial charge is 0.0590 e. The van der Waals surface area contributed by atoms with Crippen LogP contribution in [0.5, 0.6) is 0 Å². The number of rotatable bonds is 5. The van der Waals surface area contributed by atoms with Gasteiger partial charge in [0.1, 0.15) is 0 Å². The third-order valence-corrected chi connectivity index (χ3v) is 4.62. The van der Waals surface area contributed by atoms with Crippen molar-refractivity contribution < 1.29 is 4.74 Å². The molecule has 2 rings (SSSR count). The lowest BCUT2D eigenvalue weighted by Crippen LogP contribution is -2.31. The minimum absolute atomic E-state index is 0.251. The molecule has 0 bridgehead atoms. The lowest BCUT2D eigenvalue weighted by molar-refractivity contribution is 0.00751. The second-order valence-corrected chi connectivity index (χ2v) is 6.16. The summed E-state index contributed by atoms with van der Waals surface area (Å²) in [7, 11) is 0. The van der Waals surface area contributed by atoms with Crippen LogP contribution in [-0.2, 0) is 17.6 Å². The van der Waals surface area contributed by atoms with Crippen LogP contribution >= 0.6 is 11.3 Å². The maximum absolute atomic E-state index is 6.21. The molecule has 96 valence electrons. The quantitative estimate of drug-likeness (QED) is 0.875. The van der Waals surface area contributed by atoms with Crippen molar-refractivity contribution in [2.75, 3.05) is 6.61 Å². The minimum Gasteiger partial charge on any atom is -0.378 e. The molecule has 1 fully saturated rings. The van der Waals surface area contributed by atoms with E-state index in [1.54, 1.807) is 0 Å². The van der Waals surface area contributed by atoms with Crippen LogP contribution < -0.4 is 5.73 Å². The maximum atomic E-state index is 6.21. The largest absolute Gasteiger partial charge is 0.378 e. The molecule has 1 aliphatic heterocycles. The highest BCUT2D eigenvalue weighted by atomic mass is 32.1. The van der Waals surface area contributed by atoms with E-state index in [0.29, 0.717) is 6.10 Å². The first-order valence-electron chi connectivity index (χ1n) is 6.72. The zero-order chi connectivity index (χ0) is 12.1. The van der Waals surface area contributed by atoms with E-state index in [9.17, 15) is 0 Å². The standard InChI is InChI=1S/C14H23NOS/c1-2-13-6-7-14(17-13)10-11(15)9-12-5-3-4-8-16-12/h6-7,11-12H,2-5,8-10,15H2,1H3. The lowest BCUT2D eigenvalue weighted by atomic mass is 10.00. The lowest BCUT2D eigenvalue weighted by Gasteiger charge is -2.25. The Morgan fingerprint density at radius 1 is 1.41 bits per heavy atom. The summed E-state index contributed by atoms with van der Waals surface area (Å²) < 4.78 is 5.74. The van der Waals surface area contributed by atoms with Crippen LogP contribution in [0, 0.1) is 0 Å². The van der Waals surface area contributed by atoms with Gasteiger partial charge in [0.05, 0.1) is 6.10 Å². The molecule has 17 heavy (non-hydrogen) atoms. The number of ether oxygens (including phenoxy) is 1. The number of nitrogens with two attached hydrogens (primary N) is 1. The first kappa shape index (κ1) is 13.1. The molecule has 1 aliphatic rings. The van der Waals surface area contributed by atoms with Gasteiger partial charge in [-0.15, -0.1) is 11.3 Å². The van der Waals surface area contributed by atoms with Crippen molar-refractivity contribution in [1.82, 2.24) is 0 Å². The van der Waals surface area contributed by atoms with E-state index in [0.717, 1.165) is 25.9 Å². The van der Waals surface area contributed by atoms with Gasteiger partial charge >= 0.3 is 0 Å². The van der Waals surface area contributed by atoms with Crippen molar-refractivity contribution in [3.63, 3.8) is 0 Å². The predicted molar refractivity (Wildman–Crippen MR) is 73.6 cm³/mol. The van der Waals surface area contributed by atoms with Gasteiger partial charge in [-0.2, -0.15) is 0 Å². The van der Waals surface area contributed by atoms with E-state index in [-0.39, 0.29) is 6.04 Å². The Morgan fingerprint density at radius 3 is 2.88 bits per heavy atom. The molecule has 0 aliphatic carbocycles. The molecule has 2 unspecified atom stereocenters.